The van der Waals surface area contributed by atoms with Gasteiger partial charge >= 0.3 is 0 Å². The number of nitrogens with zero attached hydrogens (tertiary/aromatic N) is 3. The van der Waals surface area contributed by atoms with E-state index >= 15 is 0 Å². The summed E-state index contributed by atoms with van der Waals surface area (Å²) in [7, 11) is 0. The van der Waals surface area contributed by atoms with Gasteiger partial charge in [0, 0.05) is 42.7 Å². The molecule has 0 unspecified atom stereocenters. The van der Waals surface area contributed by atoms with Gasteiger partial charge in [0.15, 0.2) is 0 Å². The normalized spacial score (nSPS) is 20.8. The summed E-state index contributed by atoms with van der Waals surface area (Å²) in [6.45, 7) is 12.0. The number of nitrogens with one attached hydrogen (secondary N) is 1. The highest BCUT2D eigenvalue weighted by Gasteiger charge is 2.29. The Balaban J connectivity index is 1.52. The SMILES string of the molecule is CC(C)C(=O)N1CCCC(N2CCC(c3cnc(C(C)C)[nH]c3=O)CC2)CCC1. The molecule has 2 aliphatic heterocycles. The van der Waals surface area contributed by atoms with Crippen molar-refractivity contribution in [3.05, 3.63) is 27.9 Å². The van der Waals surface area contributed by atoms with E-state index in [2.05, 4.69) is 19.8 Å². The molecule has 3 heterocycles. The van der Waals surface area contributed by atoms with Crippen LogP contribution in [0.4, 0.5) is 0 Å². The molecule has 1 aromatic heterocycles. The first-order chi connectivity index (χ1) is 13.9. The summed E-state index contributed by atoms with van der Waals surface area (Å²) in [6.07, 6.45) is 8.37. The number of amides is 1. The van der Waals surface area contributed by atoms with Gasteiger partial charge in [-0.2, -0.15) is 0 Å². The zero-order valence-corrected chi connectivity index (χ0v) is 18.6. The number of likely N-dealkylation sites (tertiary alicyclic amines) is 2. The average Bonchev–Trinajstić information content (AvgIpc) is 2.67. The van der Waals surface area contributed by atoms with Crippen LogP contribution in [0.15, 0.2) is 11.0 Å². The molecule has 0 bridgehead atoms. The molecule has 162 valence electrons. The molecule has 2 saturated heterocycles. The number of rotatable bonds is 4. The predicted molar refractivity (Wildman–Crippen MR) is 116 cm³/mol. The minimum atomic E-state index is 0.0445. The Bertz CT molecular complexity index is 725. The van der Waals surface area contributed by atoms with Crippen LogP contribution >= 0.6 is 0 Å². The zero-order valence-electron chi connectivity index (χ0n) is 18.6. The lowest BCUT2D eigenvalue weighted by molar-refractivity contribution is -0.135. The summed E-state index contributed by atoms with van der Waals surface area (Å²) < 4.78 is 0. The number of carbonyl (C=O) groups is 1. The second-order valence-electron chi connectivity index (χ2n) is 9.44. The fourth-order valence-electron chi connectivity index (χ4n) is 4.82. The van der Waals surface area contributed by atoms with Crippen molar-refractivity contribution in [2.24, 2.45) is 5.92 Å². The molecule has 0 aliphatic carbocycles. The lowest BCUT2D eigenvalue weighted by Gasteiger charge is -2.39. The van der Waals surface area contributed by atoms with Gasteiger partial charge in [-0.05, 0) is 57.5 Å². The van der Waals surface area contributed by atoms with Crippen LogP contribution in [0.2, 0.25) is 0 Å². The molecule has 0 aromatic carbocycles. The molecule has 1 N–H and O–H groups in total. The molecule has 0 radical (unpaired) electrons. The Labute approximate surface area is 175 Å². The van der Waals surface area contributed by atoms with Gasteiger partial charge in [0.1, 0.15) is 5.82 Å². The van der Waals surface area contributed by atoms with Crippen molar-refractivity contribution < 1.29 is 4.79 Å². The van der Waals surface area contributed by atoms with E-state index in [0.29, 0.717) is 17.9 Å². The minimum Gasteiger partial charge on any atom is -0.342 e. The summed E-state index contributed by atoms with van der Waals surface area (Å²) in [6, 6.07) is 0.618. The van der Waals surface area contributed by atoms with Gasteiger partial charge in [-0.1, -0.05) is 27.7 Å². The smallest absolute Gasteiger partial charge is 0.254 e. The third-order valence-corrected chi connectivity index (χ3v) is 6.62. The molecule has 0 saturated carbocycles. The Morgan fingerprint density at radius 3 is 2.17 bits per heavy atom. The number of hydrogen-bond acceptors (Lipinski definition) is 4. The van der Waals surface area contributed by atoms with E-state index in [1.807, 2.05) is 33.9 Å². The number of carbonyl (C=O) groups excluding carboxylic acids is 1. The molecule has 0 atom stereocenters. The largest absolute Gasteiger partial charge is 0.342 e. The van der Waals surface area contributed by atoms with Gasteiger partial charge in [-0.15, -0.1) is 0 Å². The second-order valence-corrected chi connectivity index (χ2v) is 9.44. The van der Waals surface area contributed by atoms with E-state index < -0.39 is 0 Å². The van der Waals surface area contributed by atoms with E-state index in [4.69, 9.17) is 0 Å². The fourth-order valence-corrected chi connectivity index (χ4v) is 4.82. The number of aromatic nitrogens is 2. The van der Waals surface area contributed by atoms with Crippen LogP contribution in [0.3, 0.4) is 0 Å². The molecule has 6 heteroatoms. The van der Waals surface area contributed by atoms with E-state index in [1.165, 1.54) is 0 Å². The van der Waals surface area contributed by atoms with Crippen molar-refractivity contribution in [3.8, 4) is 0 Å². The van der Waals surface area contributed by atoms with Crippen LogP contribution < -0.4 is 5.56 Å². The molecule has 1 amide bonds. The van der Waals surface area contributed by atoms with Crippen molar-refractivity contribution in [2.45, 2.75) is 84.1 Å². The quantitative estimate of drug-likeness (QED) is 0.837. The van der Waals surface area contributed by atoms with Crippen LogP contribution in [0.5, 0.6) is 0 Å². The summed E-state index contributed by atoms with van der Waals surface area (Å²) in [5, 5.41) is 0. The molecule has 0 spiro atoms. The molecular formula is C23H38N4O2. The fraction of sp³-hybridized carbons (Fsp3) is 0.783. The molecule has 2 aliphatic rings. The molecule has 1 aromatic rings. The molecule has 3 rings (SSSR count). The predicted octanol–water partition coefficient (Wildman–Crippen LogP) is 3.50. The first-order valence-corrected chi connectivity index (χ1v) is 11.5. The number of H-pyrrole nitrogens is 1. The van der Waals surface area contributed by atoms with Crippen LogP contribution in [0, 0.1) is 5.92 Å². The third-order valence-electron chi connectivity index (χ3n) is 6.62. The summed E-state index contributed by atoms with van der Waals surface area (Å²) in [4.78, 5) is 36.9. The van der Waals surface area contributed by atoms with E-state index in [9.17, 15) is 9.59 Å². The third kappa shape index (κ3) is 5.47. The molecule has 2 fully saturated rings. The van der Waals surface area contributed by atoms with Crippen LogP contribution in [-0.4, -0.2) is 57.9 Å². The van der Waals surface area contributed by atoms with Crippen molar-refractivity contribution >= 4 is 5.91 Å². The van der Waals surface area contributed by atoms with Gasteiger partial charge in [-0.3, -0.25) is 9.59 Å². The highest BCUT2D eigenvalue weighted by Crippen LogP contribution is 2.29. The lowest BCUT2D eigenvalue weighted by Crippen LogP contribution is -2.44. The van der Waals surface area contributed by atoms with Crippen molar-refractivity contribution in [3.63, 3.8) is 0 Å². The zero-order chi connectivity index (χ0) is 21.0. The van der Waals surface area contributed by atoms with Gasteiger partial charge in [-0.25, -0.2) is 4.98 Å². The van der Waals surface area contributed by atoms with Crippen molar-refractivity contribution in [1.29, 1.82) is 0 Å². The van der Waals surface area contributed by atoms with Crippen LogP contribution in [0.25, 0.3) is 0 Å². The highest BCUT2D eigenvalue weighted by molar-refractivity contribution is 5.78. The summed E-state index contributed by atoms with van der Waals surface area (Å²) in [5.74, 6) is 1.72. The van der Waals surface area contributed by atoms with E-state index in [0.717, 1.165) is 76.1 Å². The molecular weight excluding hydrogens is 364 g/mol. The first-order valence-electron chi connectivity index (χ1n) is 11.5. The maximum absolute atomic E-state index is 12.5. The maximum atomic E-state index is 12.5. The number of hydrogen-bond donors (Lipinski definition) is 1. The summed E-state index contributed by atoms with van der Waals surface area (Å²) >= 11 is 0. The Kier molecular flexibility index (Phi) is 7.49. The van der Waals surface area contributed by atoms with Gasteiger partial charge < -0.3 is 14.8 Å². The highest BCUT2D eigenvalue weighted by atomic mass is 16.2. The van der Waals surface area contributed by atoms with E-state index in [1.54, 1.807) is 0 Å². The lowest BCUT2D eigenvalue weighted by atomic mass is 9.89. The van der Waals surface area contributed by atoms with Crippen LogP contribution in [-0.2, 0) is 4.79 Å². The van der Waals surface area contributed by atoms with Crippen molar-refractivity contribution in [2.75, 3.05) is 26.2 Å². The Morgan fingerprint density at radius 1 is 1.03 bits per heavy atom. The number of aromatic amines is 1. The number of piperidine rings is 1. The van der Waals surface area contributed by atoms with E-state index in [-0.39, 0.29) is 17.4 Å². The second kappa shape index (κ2) is 9.88. The molecule has 29 heavy (non-hydrogen) atoms. The first kappa shape index (κ1) is 22.0. The minimum absolute atomic E-state index is 0.0445. The monoisotopic (exact) mass is 402 g/mol. The van der Waals surface area contributed by atoms with Gasteiger partial charge in [0.05, 0.1) is 0 Å². The van der Waals surface area contributed by atoms with Crippen LogP contribution in [0.1, 0.15) is 89.4 Å². The van der Waals surface area contributed by atoms with Gasteiger partial charge in [0.2, 0.25) is 5.91 Å². The Hall–Kier alpha value is -1.69. The summed E-state index contributed by atoms with van der Waals surface area (Å²) in [5.41, 5.74) is 0.901. The maximum Gasteiger partial charge on any atom is 0.254 e. The topological polar surface area (TPSA) is 69.3 Å². The molecule has 6 nitrogen and oxygen atoms in total. The average molecular weight is 403 g/mol. The Morgan fingerprint density at radius 2 is 1.66 bits per heavy atom. The van der Waals surface area contributed by atoms with Crippen molar-refractivity contribution in [1.82, 2.24) is 19.8 Å². The standard InChI is InChI=1S/C23H38N4O2/c1-16(2)21-24-15-20(22(28)25-21)18-9-13-26(14-10-18)19-7-5-11-27(12-6-8-19)23(29)17(3)4/h15-19H,5-14H2,1-4H3,(H,24,25,28). The van der Waals surface area contributed by atoms with Gasteiger partial charge in [0.25, 0.3) is 5.56 Å².